The molecule has 14 heavy (non-hydrogen) atoms. The number of nitrogens with zero attached hydrogens (tertiary/aromatic N) is 1. The zero-order valence-corrected chi connectivity index (χ0v) is 9.80. The molecule has 1 N–H and O–H groups in total. The van der Waals surface area contributed by atoms with E-state index < -0.39 is 0 Å². The Balaban J connectivity index is 2.39. The third-order valence-electron chi connectivity index (χ3n) is 2.36. The molecule has 1 rings (SSSR count). The Kier molecular flexibility index (Phi) is 5.07. The Labute approximate surface area is 89.5 Å². The van der Waals surface area contributed by atoms with Crippen molar-refractivity contribution in [3.05, 3.63) is 16.6 Å². The van der Waals surface area contributed by atoms with Gasteiger partial charge in [0, 0.05) is 24.2 Å². The molecule has 0 radical (unpaired) electrons. The average Bonchev–Trinajstić information content (AvgIpc) is 2.69. The van der Waals surface area contributed by atoms with Crippen LogP contribution in [0, 0.1) is 0 Å². The molecule has 2 unspecified atom stereocenters. The standard InChI is InChI=1S/C10H18N2OS/c1-8(13-3)4-9(11-2)5-10-6-12-7-14-10/h6-9,11H,4-5H2,1-3H3. The topological polar surface area (TPSA) is 34.2 Å². The highest BCUT2D eigenvalue weighted by Crippen LogP contribution is 2.12. The van der Waals surface area contributed by atoms with Crippen molar-refractivity contribution in [1.82, 2.24) is 10.3 Å². The minimum Gasteiger partial charge on any atom is -0.382 e. The van der Waals surface area contributed by atoms with Gasteiger partial charge in [-0.1, -0.05) is 0 Å². The van der Waals surface area contributed by atoms with E-state index in [9.17, 15) is 0 Å². The molecular formula is C10H18N2OS. The Morgan fingerprint density at radius 1 is 1.64 bits per heavy atom. The Hall–Kier alpha value is -0.450. The van der Waals surface area contributed by atoms with Gasteiger partial charge in [0.05, 0.1) is 11.6 Å². The van der Waals surface area contributed by atoms with Crippen molar-refractivity contribution in [1.29, 1.82) is 0 Å². The number of ether oxygens (including phenoxy) is 1. The molecule has 0 aliphatic carbocycles. The first-order valence-electron chi connectivity index (χ1n) is 4.83. The maximum Gasteiger partial charge on any atom is 0.0794 e. The van der Waals surface area contributed by atoms with E-state index in [1.807, 2.05) is 18.8 Å². The number of nitrogens with one attached hydrogen (secondary N) is 1. The molecule has 0 aliphatic rings. The van der Waals surface area contributed by atoms with Crippen molar-refractivity contribution in [3.8, 4) is 0 Å². The van der Waals surface area contributed by atoms with Crippen molar-refractivity contribution in [3.63, 3.8) is 0 Å². The van der Waals surface area contributed by atoms with Gasteiger partial charge in [-0.2, -0.15) is 0 Å². The first-order valence-corrected chi connectivity index (χ1v) is 5.71. The summed E-state index contributed by atoms with van der Waals surface area (Å²) in [6.07, 6.45) is 4.31. The van der Waals surface area contributed by atoms with Crippen molar-refractivity contribution in [2.24, 2.45) is 0 Å². The average molecular weight is 214 g/mol. The van der Waals surface area contributed by atoms with Crippen LogP contribution in [0.5, 0.6) is 0 Å². The Morgan fingerprint density at radius 2 is 2.43 bits per heavy atom. The van der Waals surface area contributed by atoms with Crippen LogP contribution in [0.3, 0.4) is 0 Å². The number of methoxy groups -OCH3 is 1. The van der Waals surface area contributed by atoms with E-state index in [-0.39, 0.29) is 0 Å². The van der Waals surface area contributed by atoms with Gasteiger partial charge in [0.15, 0.2) is 0 Å². The molecule has 0 amide bonds. The van der Waals surface area contributed by atoms with Gasteiger partial charge in [-0.15, -0.1) is 11.3 Å². The van der Waals surface area contributed by atoms with Gasteiger partial charge >= 0.3 is 0 Å². The Morgan fingerprint density at radius 3 is 2.93 bits per heavy atom. The molecule has 0 bridgehead atoms. The van der Waals surface area contributed by atoms with Crippen LogP contribution in [-0.2, 0) is 11.2 Å². The molecule has 0 spiro atoms. The fraction of sp³-hybridized carbons (Fsp3) is 0.700. The summed E-state index contributed by atoms with van der Waals surface area (Å²) in [5.74, 6) is 0. The monoisotopic (exact) mass is 214 g/mol. The number of hydrogen-bond acceptors (Lipinski definition) is 4. The van der Waals surface area contributed by atoms with Crippen LogP contribution >= 0.6 is 11.3 Å². The largest absolute Gasteiger partial charge is 0.382 e. The first-order chi connectivity index (χ1) is 6.76. The summed E-state index contributed by atoms with van der Waals surface area (Å²) in [7, 11) is 3.75. The smallest absolute Gasteiger partial charge is 0.0794 e. The maximum absolute atomic E-state index is 5.25. The summed E-state index contributed by atoms with van der Waals surface area (Å²) in [5, 5.41) is 3.30. The van der Waals surface area contributed by atoms with Crippen LogP contribution in [0.25, 0.3) is 0 Å². The second-order valence-corrected chi connectivity index (χ2v) is 4.41. The molecule has 0 aromatic carbocycles. The van der Waals surface area contributed by atoms with E-state index in [0.29, 0.717) is 12.1 Å². The third kappa shape index (κ3) is 3.74. The number of thiazole rings is 1. The quantitative estimate of drug-likeness (QED) is 0.782. The molecule has 1 heterocycles. The van der Waals surface area contributed by atoms with Gasteiger partial charge in [-0.3, -0.25) is 4.98 Å². The van der Waals surface area contributed by atoms with Crippen molar-refractivity contribution in [2.45, 2.75) is 31.9 Å². The van der Waals surface area contributed by atoms with E-state index in [1.165, 1.54) is 4.88 Å². The van der Waals surface area contributed by atoms with Crippen LogP contribution < -0.4 is 5.32 Å². The van der Waals surface area contributed by atoms with Crippen LogP contribution in [-0.4, -0.2) is 31.3 Å². The number of hydrogen-bond donors (Lipinski definition) is 1. The second-order valence-electron chi connectivity index (χ2n) is 3.44. The highest BCUT2D eigenvalue weighted by molar-refractivity contribution is 7.09. The SMILES string of the molecule is CNC(Cc1cncs1)CC(C)OC. The van der Waals surface area contributed by atoms with E-state index in [0.717, 1.165) is 12.8 Å². The van der Waals surface area contributed by atoms with Gasteiger partial charge in [0.1, 0.15) is 0 Å². The Bertz CT molecular complexity index is 238. The predicted molar refractivity (Wildman–Crippen MR) is 59.8 cm³/mol. The molecule has 2 atom stereocenters. The summed E-state index contributed by atoms with van der Waals surface area (Å²) < 4.78 is 5.25. The van der Waals surface area contributed by atoms with Crippen LogP contribution in [0.4, 0.5) is 0 Å². The minimum absolute atomic E-state index is 0.306. The van der Waals surface area contributed by atoms with E-state index in [2.05, 4.69) is 17.2 Å². The zero-order valence-electron chi connectivity index (χ0n) is 8.99. The number of aromatic nitrogens is 1. The summed E-state index contributed by atoms with van der Waals surface area (Å²) >= 11 is 1.71. The van der Waals surface area contributed by atoms with Crippen LogP contribution in [0.15, 0.2) is 11.7 Å². The lowest BCUT2D eigenvalue weighted by atomic mass is 10.1. The van der Waals surface area contributed by atoms with Crippen LogP contribution in [0.1, 0.15) is 18.2 Å². The summed E-state index contributed by atoms with van der Waals surface area (Å²) in [6, 6.07) is 0.477. The molecule has 0 fully saturated rings. The van der Waals surface area contributed by atoms with Gasteiger partial charge in [-0.25, -0.2) is 0 Å². The molecule has 1 aromatic rings. The molecule has 0 saturated carbocycles. The van der Waals surface area contributed by atoms with E-state index in [4.69, 9.17) is 4.74 Å². The summed E-state index contributed by atoms with van der Waals surface area (Å²) in [4.78, 5) is 5.39. The molecule has 3 nitrogen and oxygen atoms in total. The fourth-order valence-electron chi connectivity index (χ4n) is 1.39. The van der Waals surface area contributed by atoms with Gasteiger partial charge in [0.25, 0.3) is 0 Å². The first kappa shape index (κ1) is 11.6. The van der Waals surface area contributed by atoms with E-state index >= 15 is 0 Å². The summed E-state index contributed by atoms with van der Waals surface area (Å²) in [6.45, 7) is 2.09. The highest BCUT2D eigenvalue weighted by atomic mass is 32.1. The normalized spacial score (nSPS) is 15.4. The molecule has 80 valence electrons. The summed E-state index contributed by atoms with van der Waals surface area (Å²) in [5.41, 5.74) is 1.88. The van der Waals surface area contributed by atoms with Crippen molar-refractivity contribution < 1.29 is 4.74 Å². The predicted octanol–water partition coefficient (Wildman–Crippen LogP) is 1.70. The van der Waals surface area contributed by atoms with Gasteiger partial charge in [0.2, 0.25) is 0 Å². The molecular weight excluding hydrogens is 196 g/mol. The molecule has 1 aromatic heterocycles. The molecule has 4 heteroatoms. The lowest BCUT2D eigenvalue weighted by molar-refractivity contribution is 0.101. The van der Waals surface area contributed by atoms with Crippen LogP contribution in [0.2, 0.25) is 0 Å². The van der Waals surface area contributed by atoms with E-state index in [1.54, 1.807) is 18.4 Å². The third-order valence-corrected chi connectivity index (χ3v) is 3.16. The van der Waals surface area contributed by atoms with Gasteiger partial charge in [-0.05, 0) is 26.8 Å². The molecule has 0 saturated heterocycles. The second kappa shape index (κ2) is 6.11. The van der Waals surface area contributed by atoms with Crippen molar-refractivity contribution in [2.75, 3.05) is 14.2 Å². The lowest BCUT2D eigenvalue weighted by Gasteiger charge is -2.18. The highest BCUT2D eigenvalue weighted by Gasteiger charge is 2.12. The number of likely N-dealkylation sites (N-methyl/N-ethyl adjacent to an activating group) is 1. The lowest BCUT2D eigenvalue weighted by Crippen LogP contribution is -2.31. The van der Waals surface area contributed by atoms with Gasteiger partial charge < -0.3 is 10.1 Å². The fourth-order valence-corrected chi connectivity index (χ4v) is 2.06. The maximum atomic E-state index is 5.25. The van der Waals surface area contributed by atoms with Crippen molar-refractivity contribution >= 4 is 11.3 Å². The molecule has 0 aliphatic heterocycles. The number of rotatable bonds is 6. The zero-order chi connectivity index (χ0) is 10.4. The minimum atomic E-state index is 0.306.